The van der Waals surface area contributed by atoms with E-state index in [1.165, 1.54) is 0 Å². The third-order valence-corrected chi connectivity index (χ3v) is 2.69. The Bertz CT molecular complexity index is 188. The van der Waals surface area contributed by atoms with E-state index in [2.05, 4.69) is 5.32 Å². The molecule has 1 N–H and O–H groups in total. The zero-order valence-electron chi connectivity index (χ0n) is 8.10. The van der Waals surface area contributed by atoms with E-state index in [4.69, 9.17) is 16.3 Å². The van der Waals surface area contributed by atoms with Crippen molar-refractivity contribution in [2.24, 2.45) is 0 Å². The Hall–Kier alpha value is -0.280. The smallest absolute Gasteiger partial charge is 0.249 e. The van der Waals surface area contributed by atoms with Crippen LogP contribution in [0.4, 0.5) is 0 Å². The van der Waals surface area contributed by atoms with Crippen molar-refractivity contribution in [2.75, 3.05) is 12.5 Å². The monoisotopic (exact) mass is 205 g/mol. The minimum atomic E-state index is -0.343. The van der Waals surface area contributed by atoms with E-state index in [9.17, 15) is 4.79 Å². The second kappa shape index (κ2) is 4.29. The molecule has 1 atom stereocenters. The fraction of sp³-hybridized carbons (Fsp3) is 0.889. The molecule has 0 aromatic rings. The van der Waals surface area contributed by atoms with Crippen LogP contribution < -0.4 is 5.32 Å². The maximum atomic E-state index is 11.5. The highest BCUT2D eigenvalue weighted by Crippen LogP contribution is 2.14. The van der Waals surface area contributed by atoms with Gasteiger partial charge in [-0.25, -0.2) is 0 Å². The van der Waals surface area contributed by atoms with Crippen molar-refractivity contribution in [3.05, 3.63) is 0 Å². The summed E-state index contributed by atoms with van der Waals surface area (Å²) >= 11 is 5.69. The summed E-state index contributed by atoms with van der Waals surface area (Å²) in [5.74, 6) is 0.369. The minimum absolute atomic E-state index is 0.0387. The normalized spacial score (nSPS) is 23.2. The molecule has 1 unspecified atom stereocenters. The second-order valence-corrected chi connectivity index (χ2v) is 4.28. The first-order valence-corrected chi connectivity index (χ1v) is 5.08. The van der Waals surface area contributed by atoms with Crippen molar-refractivity contribution in [1.82, 2.24) is 5.32 Å². The Labute approximate surface area is 83.8 Å². The molecule has 1 amide bonds. The van der Waals surface area contributed by atoms with Gasteiger partial charge in [-0.15, -0.1) is 11.6 Å². The zero-order chi connectivity index (χ0) is 9.90. The maximum absolute atomic E-state index is 11.5. The van der Waals surface area contributed by atoms with Crippen LogP contribution in [0.1, 0.15) is 26.7 Å². The van der Waals surface area contributed by atoms with E-state index in [-0.39, 0.29) is 17.6 Å². The van der Waals surface area contributed by atoms with E-state index in [0.29, 0.717) is 12.5 Å². The van der Waals surface area contributed by atoms with Crippen LogP contribution >= 0.6 is 11.6 Å². The summed E-state index contributed by atoms with van der Waals surface area (Å²) in [7, 11) is 0. The number of halogens is 1. The standard InChI is InChI=1S/C9H16ClNO2/c1-9(2,6-10)11-8(12)7-4-3-5-13-7/h7H,3-6H2,1-2H3,(H,11,12). The predicted octanol–water partition coefficient (Wildman–Crippen LogP) is 1.30. The van der Waals surface area contributed by atoms with Crippen LogP contribution in [-0.4, -0.2) is 30.0 Å². The highest BCUT2D eigenvalue weighted by Gasteiger charge is 2.28. The Morgan fingerprint density at radius 3 is 2.85 bits per heavy atom. The average molecular weight is 206 g/mol. The van der Waals surface area contributed by atoms with Crippen LogP contribution in [-0.2, 0) is 9.53 Å². The van der Waals surface area contributed by atoms with Crippen LogP contribution in [0.3, 0.4) is 0 Å². The number of ether oxygens (including phenoxy) is 1. The number of nitrogens with one attached hydrogen (secondary N) is 1. The highest BCUT2D eigenvalue weighted by molar-refractivity contribution is 6.18. The van der Waals surface area contributed by atoms with Crippen LogP contribution in [0.15, 0.2) is 0 Å². The molecule has 13 heavy (non-hydrogen) atoms. The number of carbonyl (C=O) groups excluding carboxylic acids is 1. The maximum Gasteiger partial charge on any atom is 0.249 e. The van der Waals surface area contributed by atoms with Crippen molar-refractivity contribution in [2.45, 2.75) is 38.3 Å². The molecule has 3 nitrogen and oxygen atoms in total. The van der Waals surface area contributed by atoms with Gasteiger partial charge in [0.05, 0.1) is 0 Å². The molecule has 1 rings (SSSR count). The van der Waals surface area contributed by atoms with E-state index >= 15 is 0 Å². The number of hydrogen-bond acceptors (Lipinski definition) is 2. The number of hydrogen-bond donors (Lipinski definition) is 1. The summed E-state index contributed by atoms with van der Waals surface area (Å²) < 4.78 is 5.25. The Kier molecular flexibility index (Phi) is 3.56. The predicted molar refractivity (Wildman–Crippen MR) is 51.9 cm³/mol. The fourth-order valence-corrected chi connectivity index (χ4v) is 1.30. The van der Waals surface area contributed by atoms with E-state index in [1.807, 2.05) is 13.8 Å². The van der Waals surface area contributed by atoms with Gasteiger partial charge >= 0.3 is 0 Å². The van der Waals surface area contributed by atoms with Gasteiger partial charge in [-0.05, 0) is 26.7 Å². The Balaban J connectivity index is 2.40. The second-order valence-electron chi connectivity index (χ2n) is 4.01. The molecule has 0 radical (unpaired) electrons. The number of rotatable bonds is 3. The van der Waals surface area contributed by atoms with Gasteiger partial charge in [0.2, 0.25) is 5.91 Å². The molecule has 0 aromatic carbocycles. The molecule has 76 valence electrons. The van der Waals surface area contributed by atoms with Gasteiger partial charge in [-0.3, -0.25) is 4.79 Å². The molecule has 1 saturated heterocycles. The number of carbonyl (C=O) groups is 1. The van der Waals surface area contributed by atoms with Gasteiger partial charge in [0.25, 0.3) is 0 Å². The summed E-state index contributed by atoms with van der Waals surface area (Å²) in [5, 5.41) is 2.85. The van der Waals surface area contributed by atoms with Gasteiger partial charge in [0.15, 0.2) is 0 Å². The third kappa shape index (κ3) is 3.16. The zero-order valence-corrected chi connectivity index (χ0v) is 8.86. The fourth-order valence-electron chi connectivity index (χ4n) is 1.23. The number of amides is 1. The lowest BCUT2D eigenvalue weighted by atomic mass is 10.1. The van der Waals surface area contributed by atoms with Crippen molar-refractivity contribution in [1.29, 1.82) is 0 Å². The molecule has 1 aliphatic rings. The third-order valence-electron chi connectivity index (χ3n) is 2.02. The SMILES string of the molecule is CC(C)(CCl)NC(=O)C1CCCO1. The molecular weight excluding hydrogens is 190 g/mol. The largest absolute Gasteiger partial charge is 0.368 e. The first kappa shape index (κ1) is 10.8. The van der Waals surface area contributed by atoms with E-state index in [0.717, 1.165) is 12.8 Å². The quantitative estimate of drug-likeness (QED) is 0.706. The highest BCUT2D eigenvalue weighted by atomic mass is 35.5. The first-order chi connectivity index (χ1) is 6.05. The van der Waals surface area contributed by atoms with Gasteiger partial charge in [0.1, 0.15) is 6.10 Å². The van der Waals surface area contributed by atoms with E-state index in [1.54, 1.807) is 0 Å². The lowest BCUT2D eigenvalue weighted by molar-refractivity contribution is -0.131. The van der Waals surface area contributed by atoms with Crippen LogP contribution in [0.5, 0.6) is 0 Å². The molecule has 4 heteroatoms. The molecule has 0 spiro atoms. The molecule has 1 aliphatic heterocycles. The van der Waals surface area contributed by atoms with Crippen molar-refractivity contribution in [3.63, 3.8) is 0 Å². The molecule has 0 aliphatic carbocycles. The minimum Gasteiger partial charge on any atom is -0.368 e. The molecule has 1 fully saturated rings. The topological polar surface area (TPSA) is 38.3 Å². The van der Waals surface area contributed by atoms with Crippen molar-refractivity contribution < 1.29 is 9.53 Å². The van der Waals surface area contributed by atoms with Gasteiger partial charge in [-0.1, -0.05) is 0 Å². The summed E-state index contributed by atoms with van der Waals surface area (Å²) in [4.78, 5) is 11.5. The summed E-state index contributed by atoms with van der Waals surface area (Å²) in [6.07, 6.45) is 1.53. The summed E-state index contributed by atoms with van der Waals surface area (Å²) in [6, 6.07) is 0. The Morgan fingerprint density at radius 2 is 2.38 bits per heavy atom. The molecule has 1 heterocycles. The van der Waals surface area contributed by atoms with Gasteiger partial charge in [-0.2, -0.15) is 0 Å². The lowest BCUT2D eigenvalue weighted by Crippen LogP contribution is -2.48. The Morgan fingerprint density at radius 1 is 1.69 bits per heavy atom. The molecular formula is C9H16ClNO2. The van der Waals surface area contributed by atoms with Gasteiger partial charge in [0, 0.05) is 18.0 Å². The average Bonchev–Trinajstić information content (AvgIpc) is 2.55. The first-order valence-electron chi connectivity index (χ1n) is 4.55. The van der Waals surface area contributed by atoms with Crippen LogP contribution in [0, 0.1) is 0 Å². The van der Waals surface area contributed by atoms with Crippen LogP contribution in [0.2, 0.25) is 0 Å². The van der Waals surface area contributed by atoms with Gasteiger partial charge < -0.3 is 10.1 Å². The molecule has 0 saturated carbocycles. The van der Waals surface area contributed by atoms with E-state index < -0.39 is 0 Å². The molecule has 0 bridgehead atoms. The summed E-state index contributed by atoms with van der Waals surface area (Å²) in [5.41, 5.74) is -0.343. The van der Waals surface area contributed by atoms with Crippen molar-refractivity contribution >= 4 is 17.5 Å². The lowest BCUT2D eigenvalue weighted by Gasteiger charge is -2.24. The molecule has 0 aromatic heterocycles. The number of alkyl halides is 1. The summed E-state index contributed by atoms with van der Waals surface area (Å²) in [6.45, 7) is 4.49. The van der Waals surface area contributed by atoms with Crippen molar-refractivity contribution in [3.8, 4) is 0 Å². The van der Waals surface area contributed by atoms with Crippen LogP contribution in [0.25, 0.3) is 0 Å².